The summed E-state index contributed by atoms with van der Waals surface area (Å²) >= 11 is 0. The highest BCUT2D eigenvalue weighted by Gasteiger charge is 2.17. The quantitative estimate of drug-likeness (QED) is 0.746. The summed E-state index contributed by atoms with van der Waals surface area (Å²) in [5, 5.41) is 10.7. The first kappa shape index (κ1) is 17.3. The molecule has 3 aromatic rings. The number of methoxy groups -OCH3 is 1. The summed E-state index contributed by atoms with van der Waals surface area (Å²) in [6.45, 7) is 0. The highest BCUT2D eigenvalue weighted by atomic mass is 16.6. The molecule has 6 heteroatoms. The first-order valence-electron chi connectivity index (χ1n) is 9.10. The molecular weight excluding hydrogens is 342 g/mol. The Labute approximate surface area is 157 Å². The molecule has 0 saturated carbocycles. The lowest BCUT2D eigenvalue weighted by Crippen LogP contribution is -2.15. The molecule has 0 atom stereocenters. The van der Waals surface area contributed by atoms with Crippen molar-refractivity contribution in [3.8, 4) is 17.0 Å². The predicted molar refractivity (Wildman–Crippen MR) is 102 cm³/mol. The molecule has 1 amide bonds. The lowest BCUT2D eigenvalue weighted by Gasteiger charge is -2.16. The van der Waals surface area contributed by atoms with E-state index in [2.05, 4.69) is 27.8 Å². The second-order valence-corrected chi connectivity index (χ2v) is 6.73. The number of aromatic nitrogens is 2. The summed E-state index contributed by atoms with van der Waals surface area (Å²) in [7, 11) is 1.61. The second kappa shape index (κ2) is 7.61. The minimum atomic E-state index is -0.171. The van der Waals surface area contributed by atoms with Crippen molar-refractivity contribution >= 4 is 11.7 Å². The van der Waals surface area contributed by atoms with Crippen LogP contribution >= 0.6 is 0 Å². The highest BCUT2D eigenvalue weighted by molar-refractivity contribution is 5.94. The summed E-state index contributed by atoms with van der Waals surface area (Å²) in [6, 6.07) is 13.7. The molecule has 1 aliphatic rings. The van der Waals surface area contributed by atoms with E-state index in [0.29, 0.717) is 11.5 Å². The van der Waals surface area contributed by atoms with Gasteiger partial charge in [-0.1, -0.05) is 24.3 Å². The first-order valence-corrected chi connectivity index (χ1v) is 9.10. The van der Waals surface area contributed by atoms with Crippen LogP contribution in [0, 0.1) is 0 Å². The minimum Gasteiger partial charge on any atom is -0.497 e. The standard InChI is InChI=1S/C21H21N3O3/c1-26-18-10-6-14(7-11-18)12-19(25)22-21-20(23-27-24-21)17-9-8-15-4-2-3-5-16(15)13-17/h6-11,13H,2-5,12H2,1H3,(H,22,24,25). The number of amides is 1. The van der Waals surface area contributed by atoms with E-state index in [4.69, 9.17) is 9.37 Å². The van der Waals surface area contributed by atoms with Crippen LogP contribution in [0.1, 0.15) is 29.5 Å². The van der Waals surface area contributed by atoms with Crippen molar-refractivity contribution < 1.29 is 14.2 Å². The van der Waals surface area contributed by atoms with E-state index in [1.165, 1.54) is 24.0 Å². The fourth-order valence-electron chi connectivity index (χ4n) is 3.45. The minimum absolute atomic E-state index is 0.171. The molecular formula is C21H21N3O3. The molecule has 0 aliphatic heterocycles. The van der Waals surface area contributed by atoms with Gasteiger partial charge in [0.2, 0.25) is 11.7 Å². The van der Waals surface area contributed by atoms with Gasteiger partial charge in [0.15, 0.2) is 5.69 Å². The molecule has 2 aromatic carbocycles. The van der Waals surface area contributed by atoms with Crippen molar-refractivity contribution in [3.63, 3.8) is 0 Å². The molecule has 1 N–H and O–H groups in total. The number of hydrogen-bond donors (Lipinski definition) is 1. The number of carbonyl (C=O) groups is 1. The van der Waals surface area contributed by atoms with Crippen LogP contribution in [0.2, 0.25) is 0 Å². The van der Waals surface area contributed by atoms with Crippen LogP contribution in [0.25, 0.3) is 11.3 Å². The molecule has 1 aromatic heterocycles. The number of nitrogens with zero attached hydrogens (tertiary/aromatic N) is 2. The van der Waals surface area contributed by atoms with Gasteiger partial charge in [0.1, 0.15) is 5.75 Å². The van der Waals surface area contributed by atoms with Crippen molar-refractivity contribution in [1.29, 1.82) is 0 Å². The third-order valence-electron chi connectivity index (χ3n) is 4.89. The normalized spacial score (nSPS) is 13.1. The van der Waals surface area contributed by atoms with Crippen LogP contribution in [0.5, 0.6) is 5.75 Å². The Balaban J connectivity index is 1.49. The molecule has 0 bridgehead atoms. The number of rotatable bonds is 5. The monoisotopic (exact) mass is 363 g/mol. The van der Waals surface area contributed by atoms with Crippen molar-refractivity contribution in [3.05, 3.63) is 59.2 Å². The number of fused-ring (bicyclic) bond motifs is 1. The van der Waals surface area contributed by atoms with Gasteiger partial charge in [0.25, 0.3) is 0 Å². The van der Waals surface area contributed by atoms with Crippen LogP contribution in [0.15, 0.2) is 47.1 Å². The van der Waals surface area contributed by atoms with Gasteiger partial charge >= 0.3 is 0 Å². The van der Waals surface area contributed by atoms with E-state index >= 15 is 0 Å². The van der Waals surface area contributed by atoms with E-state index in [1.54, 1.807) is 7.11 Å². The molecule has 138 valence electrons. The van der Waals surface area contributed by atoms with Gasteiger partial charge in [-0.15, -0.1) is 0 Å². The van der Waals surface area contributed by atoms with E-state index < -0.39 is 0 Å². The maximum atomic E-state index is 12.4. The van der Waals surface area contributed by atoms with Gasteiger partial charge in [-0.25, -0.2) is 4.63 Å². The van der Waals surface area contributed by atoms with Gasteiger partial charge < -0.3 is 10.1 Å². The summed E-state index contributed by atoms with van der Waals surface area (Å²) in [6.07, 6.45) is 4.88. The summed E-state index contributed by atoms with van der Waals surface area (Å²) in [5.41, 5.74) is 5.10. The van der Waals surface area contributed by atoms with E-state index in [-0.39, 0.29) is 12.3 Å². The van der Waals surface area contributed by atoms with E-state index in [9.17, 15) is 4.79 Å². The molecule has 6 nitrogen and oxygen atoms in total. The zero-order valence-corrected chi connectivity index (χ0v) is 15.2. The van der Waals surface area contributed by atoms with Crippen LogP contribution in [0.3, 0.4) is 0 Å². The zero-order valence-electron chi connectivity index (χ0n) is 15.2. The number of aryl methyl sites for hydroxylation is 2. The molecule has 0 saturated heterocycles. The summed E-state index contributed by atoms with van der Waals surface area (Å²) in [5.74, 6) is 0.939. The zero-order chi connectivity index (χ0) is 18.6. The molecule has 1 heterocycles. The first-order chi connectivity index (χ1) is 13.2. The number of benzene rings is 2. The van der Waals surface area contributed by atoms with Gasteiger partial charge in [0.05, 0.1) is 13.5 Å². The Bertz CT molecular complexity index is 948. The third kappa shape index (κ3) is 3.84. The van der Waals surface area contributed by atoms with Gasteiger partial charge in [0, 0.05) is 5.56 Å². The SMILES string of the molecule is COc1ccc(CC(=O)Nc2nonc2-c2ccc3c(c2)CCCC3)cc1. The molecule has 0 radical (unpaired) electrons. The maximum absolute atomic E-state index is 12.4. The van der Waals surface area contributed by atoms with E-state index in [1.807, 2.05) is 30.3 Å². The Morgan fingerprint density at radius 1 is 1.07 bits per heavy atom. The van der Waals surface area contributed by atoms with Gasteiger partial charge in [-0.3, -0.25) is 4.79 Å². The molecule has 0 spiro atoms. The number of hydrogen-bond acceptors (Lipinski definition) is 5. The fraction of sp³-hybridized carbons (Fsp3) is 0.286. The predicted octanol–water partition coefficient (Wildman–Crippen LogP) is 3.81. The largest absolute Gasteiger partial charge is 0.497 e. The third-order valence-corrected chi connectivity index (χ3v) is 4.89. The van der Waals surface area contributed by atoms with Crippen LogP contribution < -0.4 is 10.1 Å². The number of carbonyl (C=O) groups excluding carboxylic acids is 1. The van der Waals surface area contributed by atoms with Crippen LogP contribution in [-0.4, -0.2) is 23.3 Å². The summed E-state index contributed by atoms with van der Waals surface area (Å²) in [4.78, 5) is 12.4. The lowest BCUT2D eigenvalue weighted by atomic mass is 9.90. The van der Waals surface area contributed by atoms with Crippen molar-refractivity contribution in [2.24, 2.45) is 0 Å². The Morgan fingerprint density at radius 2 is 1.85 bits per heavy atom. The molecule has 0 fully saturated rings. The van der Waals surface area contributed by atoms with Crippen molar-refractivity contribution in [2.75, 3.05) is 12.4 Å². The van der Waals surface area contributed by atoms with Gasteiger partial charge in [-0.05, 0) is 70.9 Å². The number of nitrogens with one attached hydrogen (secondary N) is 1. The molecule has 0 unspecified atom stereocenters. The topological polar surface area (TPSA) is 77.2 Å². The lowest BCUT2D eigenvalue weighted by molar-refractivity contribution is -0.115. The highest BCUT2D eigenvalue weighted by Crippen LogP contribution is 2.29. The van der Waals surface area contributed by atoms with Crippen LogP contribution in [-0.2, 0) is 24.1 Å². The fourth-order valence-corrected chi connectivity index (χ4v) is 3.45. The Morgan fingerprint density at radius 3 is 2.63 bits per heavy atom. The molecule has 4 rings (SSSR count). The number of ether oxygens (including phenoxy) is 1. The van der Waals surface area contributed by atoms with E-state index in [0.717, 1.165) is 29.7 Å². The second-order valence-electron chi connectivity index (χ2n) is 6.73. The summed E-state index contributed by atoms with van der Waals surface area (Å²) < 4.78 is 10.0. The smallest absolute Gasteiger partial charge is 0.230 e. The van der Waals surface area contributed by atoms with Crippen molar-refractivity contribution in [2.45, 2.75) is 32.1 Å². The molecule has 1 aliphatic carbocycles. The van der Waals surface area contributed by atoms with Crippen LogP contribution in [0.4, 0.5) is 5.82 Å². The Hall–Kier alpha value is -3.15. The number of anilines is 1. The average molecular weight is 363 g/mol. The maximum Gasteiger partial charge on any atom is 0.230 e. The van der Waals surface area contributed by atoms with Gasteiger partial charge in [-0.2, -0.15) is 0 Å². The molecule has 27 heavy (non-hydrogen) atoms. The van der Waals surface area contributed by atoms with Crippen molar-refractivity contribution in [1.82, 2.24) is 10.3 Å². The average Bonchev–Trinajstić information content (AvgIpc) is 3.16. The Kier molecular flexibility index (Phi) is 4.87.